The molecular formula is C25H32N4S2. The van der Waals surface area contributed by atoms with E-state index in [0.717, 1.165) is 33.9 Å². The van der Waals surface area contributed by atoms with E-state index in [4.69, 9.17) is 15.2 Å². The molecule has 2 aliphatic carbocycles. The van der Waals surface area contributed by atoms with E-state index in [0.29, 0.717) is 0 Å². The van der Waals surface area contributed by atoms with Gasteiger partial charge in [-0.25, -0.2) is 9.38 Å². The van der Waals surface area contributed by atoms with Gasteiger partial charge in [0.15, 0.2) is 16.0 Å². The van der Waals surface area contributed by atoms with Gasteiger partial charge in [0, 0.05) is 22.3 Å². The number of benzene rings is 1. The third-order valence-corrected chi connectivity index (χ3v) is 8.72. The number of nitrogens with zero attached hydrogens (tertiary/aromatic N) is 4. The number of fused-ring (bicyclic) bond motifs is 6. The Balaban J connectivity index is 1.64. The molecule has 0 unspecified atom stereocenters. The summed E-state index contributed by atoms with van der Waals surface area (Å²) >= 11 is 3.66. The summed E-state index contributed by atoms with van der Waals surface area (Å²) in [6.07, 6.45) is 11.3. The van der Waals surface area contributed by atoms with Crippen molar-refractivity contribution in [3.63, 3.8) is 0 Å². The van der Waals surface area contributed by atoms with E-state index >= 15 is 0 Å². The fourth-order valence-corrected chi connectivity index (χ4v) is 7.15. The molecule has 0 aliphatic heterocycles. The molecule has 6 heteroatoms. The van der Waals surface area contributed by atoms with Gasteiger partial charge in [-0.15, -0.1) is 10.2 Å². The smallest absolute Gasteiger partial charge is 0.197 e. The van der Waals surface area contributed by atoms with Gasteiger partial charge >= 0.3 is 0 Å². The predicted octanol–water partition coefficient (Wildman–Crippen LogP) is 6.94. The number of thioether (sulfide) groups is 2. The molecule has 0 atom stereocenters. The first-order chi connectivity index (χ1) is 15.3. The third-order valence-electron chi connectivity index (χ3n) is 6.89. The van der Waals surface area contributed by atoms with E-state index in [2.05, 4.69) is 42.5 Å². The summed E-state index contributed by atoms with van der Waals surface area (Å²) in [6, 6.07) is 8.88. The fraction of sp³-hybridized carbons (Fsp3) is 0.560. The van der Waals surface area contributed by atoms with Crippen molar-refractivity contribution < 1.29 is 0 Å². The lowest BCUT2D eigenvalue weighted by Gasteiger charge is -2.36. The lowest BCUT2D eigenvalue weighted by atomic mass is 9.68. The van der Waals surface area contributed by atoms with Crippen LogP contribution in [-0.4, -0.2) is 31.1 Å². The van der Waals surface area contributed by atoms with Crippen LogP contribution in [0.4, 0.5) is 0 Å². The molecule has 164 valence electrons. The Morgan fingerprint density at radius 2 is 1.81 bits per heavy atom. The van der Waals surface area contributed by atoms with Crippen molar-refractivity contribution in [2.75, 3.05) is 11.5 Å². The monoisotopic (exact) mass is 452 g/mol. The van der Waals surface area contributed by atoms with Crippen LogP contribution in [0.5, 0.6) is 0 Å². The normalized spacial score (nSPS) is 16.7. The summed E-state index contributed by atoms with van der Waals surface area (Å²) in [5.74, 6) is 2.09. The standard InChI is InChI=1S/C25H32N4S2/c1-3-5-6-11-16-31-24-28-27-22-20-21(26-23(29(22)24)30-4-2)19-13-8-7-12-18(19)17-25(20)14-9-10-15-25/h7-8,12-13H,3-6,9-11,14-17H2,1-2H3. The Bertz CT molecular complexity index is 1070. The highest BCUT2D eigenvalue weighted by molar-refractivity contribution is 7.99. The third kappa shape index (κ3) is 3.80. The van der Waals surface area contributed by atoms with E-state index in [1.54, 1.807) is 0 Å². The molecule has 0 N–H and O–H groups in total. The van der Waals surface area contributed by atoms with Crippen LogP contribution >= 0.6 is 23.5 Å². The molecule has 1 saturated carbocycles. The van der Waals surface area contributed by atoms with Gasteiger partial charge in [0.2, 0.25) is 0 Å². The predicted molar refractivity (Wildman–Crippen MR) is 131 cm³/mol. The second-order valence-electron chi connectivity index (χ2n) is 8.92. The zero-order valence-corrected chi connectivity index (χ0v) is 20.3. The molecule has 2 heterocycles. The molecule has 0 radical (unpaired) electrons. The summed E-state index contributed by atoms with van der Waals surface area (Å²) in [6.45, 7) is 4.46. The zero-order valence-electron chi connectivity index (χ0n) is 18.7. The van der Waals surface area contributed by atoms with E-state index in [-0.39, 0.29) is 5.41 Å². The second kappa shape index (κ2) is 9.14. The van der Waals surface area contributed by atoms with Gasteiger partial charge in [-0.2, -0.15) is 0 Å². The number of aromatic nitrogens is 4. The van der Waals surface area contributed by atoms with Crippen LogP contribution in [0.15, 0.2) is 34.6 Å². The van der Waals surface area contributed by atoms with Crippen LogP contribution in [-0.2, 0) is 11.8 Å². The van der Waals surface area contributed by atoms with Crippen LogP contribution in [0, 0.1) is 0 Å². The largest absolute Gasteiger partial charge is 0.248 e. The Kier molecular flexibility index (Phi) is 6.29. The van der Waals surface area contributed by atoms with Gasteiger partial charge < -0.3 is 0 Å². The van der Waals surface area contributed by atoms with Crippen molar-refractivity contribution in [3.8, 4) is 11.3 Å². The summed E-state index contributed by atoms with van der Waals surface area (Å²) < 4.78 is 2.28. The molecule has 2 aliphatic rings. The van der Waals surface area contributed by atoms with E-state index < -0.39 is 0 Å². The van der Waals surface area contributed by atoms with Crippen LogP contribution in [0.1, 0.15) is 76.3 Å². The molecule has 5 rings (SSSR count). The van der Waals surface area contributed by atoms with Gasteiger partial charge in [-0.05, 0) is 37.0 Å². The highest BCUT2D eigenvalue weighted by atomic mass is 32.2. The average Bonchev–Trinajstić information content (AvgIpc) is 3.42. The Labute approximate surface area is 194 Å². The SMILES string of the molecule is CCCCCCSc1nnc2c3c(nc(SCC)n12)-c1ccccc1CC31CCCC1. The quantitative estimate of drug-likeness (QED) is 0.210. The second-order valence-corrected chi connectivity index (χ2v) is 11.2. The summed E-state index contributed by atoms with van der Waals surface area (Å²) in [5.41, 5.74) is 6.52. The molecule has 31 heavy (non-hydrogen) atoms. The maximum absolute atomic E-state index is 5.31. The molecule has 1 aromatic carbocycles. The van der Waals surface area contributed by atoms with E-state index in [1.807, 2.05) is 23.5 Å². The van der Waals surface area contributed by atoms with Gasteiger partial charge in [-0.1, -0.05) is 93.7 Å². The summed E-state index contributed by atoms with van der Waals surface area (Å²) in [4.78, 5) is 5.31. The average molecular weight is 453 g/mol. The van der Waals surface area contributed by atoms with Crippen LogP contribution in [0.3, 0.4) is 0 Å². The van der Waals surface area contributed by atoms with E-state index in [9.17, 15) is 0 Å². The summed E-state index contributed by atoms with van der Waals surface area (Å²) in [7, 11) is 0. The molecule has 0 saturated heterocycles. The zero-order chi connectivity index (χ0) is 21.3. The molecule has 3 aromatic rings. The minimum atomic E-state index is 0.170. The minimum Gasteiger partial charge on any atom is -0.248 e. The fourth-order valence-electron chi connectivity index (χ4n) is 5.44. The van der Waals surface area contributed by atoms with Crippen molar-refractivity contribution in [2.24, 2.45) is 0 Å². The van der Waals surface area contributed by atoms with Crippen LogP contribution in [0.25, 0.3) is 16.9 Å². The number of hydrogen-bond acceptors (Lipinski definition) is 5. The Morgan fingerprint density at radius 3 is 2.61 bits per heavy atom. The van der Waals surface area contributed by atoms with Gasteiger partial charge in [0.1, 0.15) is 0 Å². The molecule has 2 aromatic heterocycles. The Hall–Kier alpha value is -1.53. The van der Waals surface area contributed by atoms with Crippen molar-refractivity contribution in [1.82, 2.24) is 19.6 Å². The van der Waals surface area contributed by atoms with Gasteiger partial charge in [0.25, 0.3) is 0 Å². The molecule has 0 bridgehead atoms. The first kappa shape index (κ1) is 21.3. The van der Waals surface area contributed by atoms with Crippen molar-refractivity contribution in [1.29, 1.82) is 0 Å². The van der Waals surface area contributed by atoms with E-state index in [1.165, 1.54) is 73.8 Å². The van der Waals surface area contributed by atoms with Crippen LogP contribution < -0.4 is 0 Å². The number of unbranched alkanes of at least 4 members (excludes halogenated alkanes) is 3. The lowest BCUT2D eigenvalue weighted by molar-refractivity contribution is 0.431. The number of rotatable bonds is 8. The molecule has 0 amide bonds. The highest BCUT2D eigenvalue weighted by Crippen LogP contribution is 2.52. The van der Waals surface area contributed by atoms with Gasteiger partial charge in [0.05, 0.1) is 5.69 Å². The van der Waals surface area contributed by atoms with Crippen molar-refractivity contribution >= 4 is 29.2 Å². The summed E-state index contributed by atoms with van der Waals surface area (Å²) in [5, 5.41) is 11.6. The van der Waals surface area contributed by atoms with Crippen molar-refractivity contribution in [3.05, 3.63) is 35.4 Å². The molecular weight excluding hydrogens is 420 g/mol. The lowest BCUT2D eigenvalue weighted by Crippen LogP contribution is -2.31. The molecule has 1 fully saturated rings. The van der Waals surface area contributed by atoms with Crippen LogP contribution in [0.2, 0.25) is 0 Å². The maximum atomic E-state index is 5.31. The topological polar surface area (TPSA) is 43.1 Å². The maximum Gasteiger partial charge on any atom is 0.197 e. The molecule has 4 nitrogen and oxygen atoms in total. The Morgan fingerprint density at radius 1 is 0.968 bits per heavy atom. The number of hydrogen-bond donors (Lipinski definition) is 0. The first-order valence-electron chi connectivity index (χ1n) is 11.9. The molecule has 1 spiro atoms. The van der Waals surface area contributed by atoms with Crippen molar-refractivity contribution in [2.45, 2.75) is 87.4 Å². The van der Waals surface area contributed by atoms with Gasteiger partial charge in [-0.3, -0.25) is 0 Å². The minimum absolute atomic E-state index is 0.170. The first-order valence-corrected chi connectivity index (χ1v) is 13.9. The highest BCUT2D eigenvalue weighted by Gasteiger charge is 2.44.